The van der Waals surface area contributed by atoms with E-state index in [1.165, 1.54) is 28.9 Å². The molecule has 0 spiro atoms. The number of fused-ring (bicyclic) bond motifs is 6. The van der Waals surface area contributed by atoms with E-state index >= 15 is 0 Å². The molecule has 4 heterocycles. The Balaban J connectivity index is 0.000000187. The van der Waals surface area contributed by atoms with Crippen molar-refractivity contribution in [1.82, 2.24) is 39.5 Å². The standard InChI is InChI=1S/C20H17BrF3N5O3.C18H14BrF3N6O2/c1-3-31-18(30)16-12-6-4-10-9-25-19(27-15(10)17(12)29(2)28-16)26-13-7-5-11(21)8-14(13)32-20(22,23)24;1-28-15-10(14(27-28)16(23)29)4-2-8-7-24-17(26-13(8)15)25-11-5-3-9(19)6-12(11)30-18(20,21)22/h5,7-9H,3-4,6H2,1-2H3,(H,25,26,27);3,5-7H,2,4H2,1H3,(H2,23,29)(H,24,25,26). The molecule has 2 aliphatic rings. The number of aryl methyl sites for hydroxylation is 4. The number of primary amides is 1. The lowest BCUT2D eigenvalue weighted by atomic mass is 9.93. The number of benzene rings is 2. The Morgan fingerprint density at radius 3 is 1.58 bits per heavy atom. The smallest absolute Gasteiger partial charge is 0.461 e. The maximum Gasteiger partial charge on any atom is 0.573 e. The van der Waals surface area contributed by atoms with Gasteiger partial charge >= 0.3 is 18.7 Å². The molecule has 0 aliphatic heterocycles. The van der Waals surface area contributed by atoms with E-state index in [-0.39, 0.29) is 41.3 Å². The van der Waals surface area contributed by atoms with E-state index in [2.05, 4.69) is 82.1 Å². The predicted octanol–water partition coefficient (Wildman–Crippen LogP) is 8.04. The number of alkyl halides is 6. The maximum atomic E-state index is 12.8. The van der Waals surface area contributed by atoms with Gasteiger partial charge in [-0.2, -0.15) is 10.2 Å². The van der Waals surface area contributed by atoms with Crippen LogP contribution in [0.3, 0.4) is 0 Å². The lowest BCUT2D eigenvalue weighted by Crippen LogP contribution is -2.18. The molecule has 6 aromatic rings. The molecule has 0 saturated carbocycles. The highest BCUT2D eigenvalue weighted by atomic mass is 79.9. The van der Waals surface area contributed by atoms with E-state index in [1.54, 1.807) is 50.2 Å². The number of anilines is 4. The van der Waals surface area contributed by atoms with Gasteiger partial charge in [-0.05, 0) is 80.1 Å². The van der Waals surface area contributed by atoms with Gasteiger partial charge in [0.1, 0.15) is 0 Å². The minimum Gasteiger partial charge on any atom is -0.461 e. The van der Waals surface area contributed by atoms with Crippen molar-refractivity contribution in [3.63, 3.8) is 0 Å². The Labute approximate surface area is 363 Å². The first-order valence-corrected chi connectivity index (χ1v) is 19.8. The largest absolute Gasteiger partial charge is 0.573 e. The molecule has 1 amide bonds. The van der Waals surface area contributed by atoms with E-state index in [1.807, 2.05) is 0 Å². The number of esters is 1. The van der Waals surface area contributed by atoms with Crippen LogP contribution in [0.4, 0.5) is 49.6 Å². The first-order chi connectivity index (χ1) is 29.3. The molecule has 8 rings (SSSR count). The van der Waals surface area contributed by atoms with Crippen LogP contribution in [0.1, 0.15) is 50.2 Å². The molecule has 0 atom stereocenters. The second-order valence-electron chi connectivity index (χ2n) is 13.4. The minimum atomic E-state index is -4.86. The second kappa shape index (κ2) is 17.2. The molecule has 0 saturated heterocycles. The molecular formula is C38H31Br2F6N11O5. The number of amides is 1. The highest BCUT2D eigenvalue weighted by Gasteiger charge is 2.35. The van der Waals surface area contributed by atoms with Crippen LogP contribution in [-0.2, 0) is 44.5 Å². The van der Waals surface area contributed by atoms with Crippen molar-refractivity contribution in [2.75, 3.05) is 17.2 Å². The SMILES string of the molecule is CCOC(=O)c1nn(C)c2c1CCc1cnc(Nc3ccc(Br)cc3OC(F)(F)F)nc1-2.Cn1nc(C(N)=O)c2c1-c1nc(Nc3ccc(Br)cc3OC(F)(F)F)ncc1CC2. The molecule has 4 aromatic heterocycles. The average Bonchev–Trinajstić information content (AvgIpc) is 3.73. The summed E-state index contributed by atoms with van der Waals surface area (Å²) in [5, 5.41) is 14.0. The van der Waals surface area contributed by atoms with Crippen LogP contribution in [0.25, 0.3) is 22.8 Å². The number of hydrogen-bond donors (Lipinski definition) is 3. The summed E-state index contributed by atoms with van der Waals surface area (Å²) in [4.78, 5) is 41.3. The topological polar surface area (TPSA) is 199 Å². The summed E-state index contributed by atoms with van der Waals surface area (Å²) < 4.78 is 93.9. The zero-order valence-corrected chi connectivity index (χ0v) is 35.5. The Morgan fingerprint density at radius 2 is 1.16 bits per heavy atom. The molecule has 2 aliphatic carbocycles. The molecule has 24 heteroatoms. The number of nitrogens with one attached hydrogen (secondary N) is 2. The summed E-state index contributed by atoms with van der Waals surface area (Å²) in [6.07, 6.45) is -4.24. The molecule has 2 aromatic carbocycles. The van der Waals surface area contributed by atoms with Crippen LogP contribution in [0.15, 0.2) is 57.7 Å². The molecular weight excluding hydrogens is 964 g/mol. The van der Waals surface area contributed by atoms with Crippen LogP contribution in [0, 0.1) is 0 Å². The van der Waals surface area contributed by atoms with Crippen LogP contribution in [0.5, 0.6) is 11.5 Å². The van der Waals surface area contributed by atoms with Gasteiger partial charge in [-0.3, -0.25) is 14.2 Å². The number of nitrogens with two attached hydrogens (primary N) is 1. The summed E-state index contributed by atoms with van der Waals surface area (Å²) in [6.45, 7) is 1.94. The van der Waals surface area contributed by atoms with Crippen molar-refractivity contribution in [2.45, 2.75) is 45.3 Å². The lowest BCUT2D eigenvalue weighted by Gasteiger charge is -2.18. The fourth-order valence-electron chi connectivity index (χ4n) is 6.85. The Kier molecular flexibility index (Phi) is 12.2. The third-order valence-electron chi connectivity index (χ3n) is 9.29. The molecule has 0 unspecified atom stereocenters. The van der Waals surface area contributed by atoms with Crippen molar-refractivity contribution in [2.24, 2.45) is 19.8 Å². The summed E-state index contributed by atoms with van der Waals surface area (Å²) in [6, 6.07) is 8.33. The molecule has 0 fully saturated rings. The summed E-state index contributed by atoms with van der Waals surface area (Å²) in [7, 11) is 3.36. The highest BCUT2D eigenvalue weighted by Crippen LogP contribution is 2.39. The van der Waals surface area contributed by atoms with Crippen molar-refractivity contribution in [1.29, 1.82) is 0 Å². The number of hydrogen-bond acceptors (Lipinski definition) is 13. The van der Waals surface area contributed by atoms with E-state index in [4.69, 9.17) is 10.5 Å². The second-order valence-corrected chi connectivity index (χ2v) is 15.3. The molecule has 62 heavy (non-hydrogen) atoms. The van der Waals surface area contributed by atoms with E-state index < -0.39 is 36.1 Å². The normalized spacial score (nSPS) is 12.8. The average molecular weight is 996 g/mol. The Bertz CT molecular complexity index is 2720. The Hall–Kier alpha value is -6.30. The molecule has 324 valence electrons. The lowest BCUT2D eigenvalue weighted by molar-refractivity contribution is -0.275. The first-order valence-electron chi connectivity index (χ1n) is 18.2. The van der Waals surface area contributed by atoms with Crippen LogP contribution in [-0.4, -0.2) is 70.7 Å². The quantitative estimate of drug-likeness (QED) is 0.0930. The number of carbonyl (C=O) groups excluding carboxylic acids is 2. The Morgan fingerprint density at radius 1 is 0.726 bits per heavy atom. The molecule has 0 radical (unpaired) electrons. The predicted molar refractivity (Wildman–Crippen MR) is 216 cm³/mol. The fraction of sp³-hybridized carbons (Fsp3) is 0.263. The van der Waals surface area contributed by atoms with Crippen molar-refractivity contribution in [3.8, 4) is 34.3 Å². The zero-order chi connectivity index (χ0) is 44.7. The molecule has 16 nitrogen and oxygen atoms in total. The third-order valence-corrected chi connectivity index (χ3v) is 10.3. The molecule has 0 bridgehead atoms. The van der Waals surface area contributed by atoms with Crippen LogP contribution in [0.2, 0.25) is 0 Å². The van der Waals surface area contributed by atoms with Crippen LogP contribution < -0.4 is 25.8 Å². The molecule has 4 N–H and O–H groups in total. The zero-order valence-electron chi connectivity index (χ0n) is 32.4. The number of rotatable bonds is 9. The fourth-order valence-corrected chi connectivity index (χ4v) is 7.53. The van der Waals surface area contributed by atoms with Gasteiger partial charge in [-0.25, -0.2) is 24.7 Å². The summed E-state index contributed by atoms with van der Waals surface area (Å²) in [5.74, 6) is -1.87. The van der Waals surface area contributed by atoms with E-state index in [0.717, 1.165) is 11.1 Å². The van der Waals surface area contributed by atoms with E-state index in [0.29, 0.717) is 68.5 Å². The van der Waals surface area contributed by atoms with Gasteiger partial charge < -0.3 is 30.6 Å². The van der Waals surface area contributed by atoms with Gasteiger partial charge in [-0.15, -0.1) is 26.3 Å². The minimum absolute atomic E-state index is 0.0364. The van der Waals surface area contributed by atoms with Gasteiger partial charge in [-0.1, -0.05) is 31.9 Å². The summed E-state index contributed by atoms with van der Waals surface area (Å²) >= 11 is 6.26. The number of carbonyl (C=O) groups is 2. The van der Waals surface area contributed by atoms with Gasteiger partial charge in [0.25, 0.3) is 5.91 Å². The van der Waals surface area contributed by atoms with E-state index in [9.17, 15) is 35.9 Å². The van der Waals surface area contributed by atoms with Gasteiger partial charge in [0, 0.05) is 46.6 Å². The number of aromatic nitrogens is 8. The monoisotopic (exact) mass is 993 g/mol. The van der Waals surface area contributed by atoms with Gasteiger partial charge in [0.05, 0.1) is 40.8 Å². The van der Waals surface area contributed by atoms with Crippen molar-refractivity contribution in [3.05, 3.63) is 91.4 Å². The number of ether oxygens (including phenoxy) is 3. The number of nitrogens with zero attached hydrogens (tertiary/aromatic N) is 8. The third kappa shape index (κ3) is 9.59. The van der Waals surface area contributed by atoms with Crippen LogP contribution >= 0.6 is 31.9 Å². The first kappa shape index (κ1) is 43.8. The van der Waals surface area contributed by atoms with Crippen molar-refractivity contribution >= 4 is 67.0 Å². The van der Waals surface area contributed by atoms with Gasteiger partial charge in [0.15, 0.2) is 22.9 Å². The van der Waals surface area contributed by atoms with Gasteiger partial charge in [0.2, 0.25) is 11.9 Å². The maximum absolute atomic E-state index is 12.8. The highest BCUT2D eigenvalue weighted by molar-refractivity contribution is 9.10. The van der Waals surface area contributed by atoms with Crippen molar-refractivity contribution < 1.29 is 50.1 Å². The summed E-state index contributed by atoms with van der Waals surface area (Å²) in [5.41, 5.74) is 11.3. The number of halogens is 8.